The smallest absolute Gasteiger partial charge is 0.331 e. The number of hydrogen-bond donors (Lipinski definition) is 1. The third-order valence-electron chi connectivity index (χ3n) is 4.19. The average molecular weight is 408 g/mol. The van der Waals surface area contributed by atoms with E-state index >= 15 is 0 Å². The molecule has 2 aromatic rings. The van der Waals surface area contributed by atoms with E-state index in [2.05, 4.69) is 5.32 Å². The molecule has 0 aliphatic heterocycles. The van der Waals surface area contributed by atoms with E-state index < -0.39 is 18.0 Å². The van der Waals surface area contributed by atoms with Crippen LogP contribution in [0.2, 0.25) is 0 Å². The van der Waals surface area contributed by atoms with Gasteiger partial charge in [-0.2, -0.15) is 5.26 Å². The lowest BCUT2D eigenvalue weighted by atomic mass is 10.1. The second-order valence-electron chi connectivity index (χ2n) is 6.58. The van der Waals surface area contributed by atoms with Crippen LogP contribution in [0.5, 0.6) is 11.5 Å². The number of methoxy groups -OCH3 is 1. The van der Waals surface area contributed by atoms with Crippen molar-refractivity contribution >= 4 is 23.6 Å². The first kappa shape index (κ1) is 22.5. The fraction of sp³-hybridized carbons (Fsp3) is 0.261. The van der Waals surface area contributed by atoms with Gasteiger partial charge >= 0.3 is 5.97 Å². The second-order valence-corrected chi connectivity index (χ2v) is 6.58. The number of aryl methyl sites for hydroxylation is 2. The van der Waals surface area contributed by atoms with E-state index in [0.717, 1.165) is 11.1 Å². The standard InChI is InChI=1S/C23H24N2O5/c1-15-5-8-19(16(2)13-15)25-23(27)17(3)30-22(26)10-7-18-6-9-20(29-12-11-24)21(14-18)28-4/h5-10,13-14,17H,12H2,1-4H3,(H,25,27)/b10-7+/t17-/m1/s1. The monoisotopic (exact) mass is 408 g/mol. The van der Waals surface area contributed by atoms with Crippen LogP contribution >= 0.6 is 0 Å². The fourth-order valence-corrected chi connectivity index (χ4v) is 2.64. The molecule has 0 aliphatic rings. The number of esters is 1. The molecule has 1 atom stereocenters. The van der Waals surface area contributed by atoms with E-state index in [1.165, 1.54) is 26.2 Å². The van der Waals surface area contributed by atoms with E-state index in [-0.39, 0.29) is 6.61 Å². The van der Waals surface area contributed by atoms with Crippen LogP contribution in [0.3, 0.4) is 0 Å². The Morgan fingerprint density at radius 2 is 1.93 bits per heavy atom. The molecule has 7 nitrogen and oxygen atoms in total. The molecule has 0 spiro atoms. The molecule has 0 fully saturated rings. The van der Waals surface area contributed by atoms with Gasteiger partial charge in [-0.25, -0.2) is 4.79 Å². The zero-order valence-corrected chi connectivity index (χ0v) is 17.4. The Morgan fingerprint density at radius 3 is 2.60 bits per heavy atom. The van der Waals surface area contributed by atoms with E-state index in [9.17, 15) is 9.59 Å². The summed E-state index contributed by atoms with van der Waals surface area (Å²) in [6.07, 6.45) is 1.80. The summed E-state index contributed by atoms with van der Waals surface area (Å²) in [4.78, 5) is 24.4. The number of nitrogens with zero attached hydrogens (tertiary/aromatic N) is 1. The van der Waals surface area contributed by atoms with Crippen LogP contribution in [0.1, 0.15) is 23.6 Å². The first-order valence-corrected chi connectivity index (χ1v) is 9.28. The quantitative estimate of drug-likeness (QED) is 0.527. The molecule has 0 heterocycles. The maximum Gasteiger partial charge on any atom is 0.331 e. The summed E-state index contributed by atoms with van der Waals surface area (Å²) in [5, 5.41) is 11.4. The van der Waals surface area contributed by atoms with Crippen LogP contribution in [-0.4, -0.2) is 31.7 Å². The number of hydrogen-bond acceptors (Lipinski definition) is 6. The van der Waals surface area contributed by atoms with Gasteiger partial charge in [-0.05, 0) is 56.2 Å². The third-order valence-corrected chi connectivity index (χ3v) is 4.19. The summed E-state index contributed by atoms with van der Waals surface area (Å²) < 4.78 is 15.6. The highest BCUT2D eigenvalue weighted by atomic mass is 16.5. The van der Waals surface area contributed by atoms with Crippen molar-refractivity contribution in [2.75, 3.05) is 19.0 Å². The summed E-state index contributed by atoms with van der Waals surface area (Å²) >= 11 is 0. The van der Waals surface area contributed by atoms with Crippen molar-refractivity contribution in [3.8, 4) is 17.6 Å². The molecular formula is C23H24N2O5. The second kappa shape index (κ2) is 10.7. The number of anilines is 1. The van der Waals surface area contributed by atoms with Crippen molar-refractivity contribution in [2.24, 2.45) is 0 Å². The summed E-state index contributed by atoms with van der Waals surface area (Å²) in [5.41, 5.74) is 3.37. The summed E-state index contributed by atoms with van der Waals surface area (Å²) in [7, 11) is 1.48. The van der Waals surface area contributed by atoms with Gasteiger partial charge < -0.3 is 19.5 Å². The fourth-order valence-electron chi connectivity index (χ4n) is 2.64. The first-order valence-electron chi connectivity index (χ1n) is 9.28. The Balaban J connectivity index is 1.96. The van der Waals surface area contributed by atoms with Crippen LogP contribution in [-0.2, 0) is 14.3 Å². The Morgan fingerprint density at radius 1 is 1.17 bits per heavy atom. The molecule has 0 aromatic heterocycles. The van der Waals surface area contributed by atoms with E-state index in [0.29, 0.717) is 22.7 Å². The van der Waals surface area contributed by atoms with Crippen LogP contribution < -0.4 is 14.8 Å². The molecule has 2 aromatic carbocycles. The Labute approximate surface area is 175 Å². The lowest BCUT2D eigenvalue weighted by Gasteiger charge is -2.14. The minimum Gasteiger partial charge on any atom is -0.493 e. The molecule has 0 aliphatic carbocycles. The Hall–Kier alpha value is -3.79. The highest BCUT2D eigenvalue weighted by Crippen LogP contribution is 2.28. The molecule has 2 rings (SSSR count). The number of benzene rings is 2. The third kappa shape index (κ3) is 6.38. The maximum absolute atomic E-state index is 12.3. The van der Waals surface area contributed by atoms with Gasteiger partial charge in [-0.3, -0.25) is 4.79 Å². The van der Waals surface area contributed by atoms with Gasteiger partial charge in [0.25, 0.3) is 5.91 Å². The topological polar surface area (TPSA) is 97.7 Å². The molecule has 30 heavy (non-hydrogen) atoms. The molecular weight excluding hydrogens is 384 g/mol. The molecule has 0 radical (unpaired) electrons. The minimum atomic E-state index is -0.959. The summed E-state index contributed by atoms with van der Waals surface area (Å²) in [6.45, 7) is 5.28. The van der Waals surface area contributed by atoms with Crippen molar-refractivity contribution in [2.45, 2.75) is 26.9 Å². The SMILES string of the molecule is COc1cc(/C=C/C(=O)O[C@H](C)C(=O)Nc2ccc(C)cc2C)ccc1OCC#N. The summed E-state index contributed by atoms with van der Waals surface area (Å²) in [5.74, 6) is -0.205. The molecule has 0 saturated carbocycles. The van der Waals surface area contributed by atoms with Gasteiger partial charge in [-0.15, -0.1) is 0 Å². The van der Waals surface area contributed by atoms with Crippen molar-refractivity contribution in [1.82, 2.24) is 0 Å². The molecule has 156 valence electrons. The van der Waals surface area contributed by atoms with Gasteiger partial charge in [0.05, 0.1) is 7.11 Å². The zero-order valence-electron chi connectivity index (χ0n) is 17.4. The number of carbonyl (C=O) groups excluding carboxylic acids is 2. The van der Waals surface area contributed by atoms with Gasteiger partial charge in [0.15, 0.2) is 24.2 Å². The van der Waals surface area contributed by atoms with E-state index in [1.54, 1.807) is 18.2 Å². The van der Waals surface area contributed by atoms with Crippen LogP contribution in [0.4, 0.5) is 5.69 Å². The van der Waals surface area contributed by atoms with Crippen molar-refractivity contribution < 1.29 is 23.8 Å². The van der Waals surface area contributed by atoms with Crippen LogP contribution in [0.25, 0.3) is 6.08 Å². The van der Waals surface area contributed by atoms with Crippen LogP contribution in [0.15, 0.2) is 42.5 Å². The van der Waals surface area contributed by atoms with Crippen molar-refractivity contribution in [1.29, 1.82) is 5.26 Å². The maximum atomic E-state index is 12.3. The van der Waals surface area contributed by atoms with Gasteiger partial charge in [0.1, 0.15) is 6.07 Å². The lowest BCUT2D eigenvalue weighted by molar-refractivity contribution is -0.148. The van der Waals surface area contributed by atoms with Crippen molar-refractivity contribution in [3.63, 3.8) is 0 Å². The molecule has 0 saturated heterocycles. The number of rotatable bonds is 8. The predicted molar refractivity (Wildman–Crippen MR) is 113 cm³/mol. The summed E-state index contributed by atoms with van der Waals surface area (Å²) in [6, 6.07) is 12.6. The van der Waals surface area contributed by atoms with Gasteiger partial charge in [0.2, 0.25) is 0 Å². The molecule has 1 amide bonds. The highest BCUT2D eigenvalue weighted by Gasteiger charge is 2.17. The van der Waals surface area contributed by atoms with Gasteiger partial charge in [-0.1, -0.05) is 23.8 Å². The normalized spacial score (nSPS) is 11.4. The molecule has 0 bridgehead atoms. The number of ether oxygens (including phenoxy) is 3. The number of nitriles is 1. The largest absolute Gasteiger partial charge is 0.493 e. The number of carbonyl (C=O) groups is 2. The molecule has 1 N–H and O–H groups in total. The highest BCUT2D eigenvalue weighted by molar-refractivity contribution is 5.97. The number of amides is 1. The molecule has 0 unspecified atom stereocenters. The number of nitrogens with one attached hydrogen (secondary N) is 1. The Bertz CT molecular complexity index is 992. The van der Waals surface area contributed by atoms with E-state index in [4.69, 9.17) is 19.5 Å². The first-order chi connectivity index (χ1) is 14.3. The lowest BCUT2D eigenvalue weighted by Crippen LogP contribution is -2.29. The predicted octanol–water partition coefficient (Wildman–Crippen LogP) is 3.80. The van der Waals surface area contributed by atoms with Crippen LogP contribution in [0, 0.1) is 25.2 Å². The Kier molecular flexibility index (Phi) is 8.00. The minimum absolute atomic E-state index is 0.0973. The van der Waals surface area contributed by atoms with Crippen molar-refractivity contribution in [3.05, 3.63) is 59.2 Å². The average Bonchev–Trinajstić information content (AvgIpc) is 2.72. The molecule has 7 heteroatoms. The van der Waals surface area contributed by atoms with E-state index in [1.807, 2.05) is 38.1 Å². The van der Waals surface area contributed by atoms with Gasteiger partial charge in [0, 0.05) is 11.8 Å². The zero-order chi connectivity index (χ0) is 22.1.